The molecule has 1 atom stereocenters. The summed E-state index contributed by atoms with van der Waals surface area (Å²) in [6.07, 6.45) is -0.726. The van der Waals surface area contributed by atoms with E-state index in [9.17, 15) is 9.59 Å². The van der Waals surface area contributed by atoms with Crippen LogP contribution in [0.2, 0.25) is 0 Å². The Morgan fingerprint density at radius 2 is 1.95 bits per heavy atom. The second-order valence-corrected chi connectivity index (χ2v) is 6.45. The van der Waals surface area contributed by atoms with E-state index >= 15 is 0 Å². The van der Waals surface area contributed by atoms with Gasteiger partial charge in [-0.25, -0.2) is 4.79 Å². The molecule has 1 unspecified atom stereocenters. The van der Waals surface area contributed by atoms with Gasteiger partial charge in [0.25, 0.3) is 0 Å². The number of hydrogen-bond acceptors (Lipinski definition) is 5. The van der Waals surface area contributed by atoms with Crippen LogP contribution in [0.4, 0.5) is 4.79 Å². The van der Waals surface area contributed by atoms with Crippen molar-refractivity contribution in [2.45, 2.75) is 19.3 Å². The van der Waals surface area contributed by atoms with Gasteiger partial charge in [-0.3, -0.25) is 4.79 Å². The molecule has 0 bridgehead atoms. The smallest absolute Gasteiger partial charge is 0.407 e. The molecule has 0 radical (unpaired) electrons. The first-order valence-electron chi connectivity index (χ1n) is 6.00. The lowest BCUT2D eigenvalue weighted by atomic mass is 10.2. The summed E-state index contributed by atoms with van der Waals surface area (Å²) in [7, 11) is -2.24. The predicted molar refractivity (Wildman–Crippen MR) is 81.3 cm³/mol. The van der Waals surface area contributed by atoms with Crippen LogP contribution in [0.1, 0.15) is 12.5 Å². The topological polar surface area (TPSA) is 108 Å². The van der Waals surface area contributed by atoms with E-state index in [0.717, 1.165) is 10.0 Å². The molecule has 21 heavy (non-hydrogen) atoms. The minimum atomic E-state index is -2.24. The molecule has 1 aromatic rings. The maximum atomic E-state index is 11.4. The third-order valence-electron chi connectivity index (χ3n) is 2.39. The maximum Gasteiger partial charge on any atom is 0.407 e. The van der Waals surface area contributed by atoms with Gasteiger partial charge in [0, 0.05) is 4.47 Å². The van der Waals surface area contributed by atoms with Crippen molar-refractivity contribution in [1.82, 2.24) is 10.6 Å². The van der Waals surface area contributed by atoms with Crippen molar-refractivity contribution in [3.63, 3.8) is 0 Å². The highest BCUT2D eigenvalue weighted by atomic mass is 79.9. The van der Waals surface area contributed by atoms with Crippen LogP contribution in [0.25, 0.3) is 0 Å². The first-order valence-corrected chi connectivity index (χ1v) is 8.11. The van der Waals surface area contributed by atoms with Gasteiger partial charge in [0.05, 0.1) is 5.78 Å². The lowest BCUT2D eigenvalue weighted by molar-refractivity contribution is -0.120. The predicted octanol–water partition coefficient (Wildman–Crippen LogP) is 1.43. The molecule has 0 aromatic heterocycles. The Bertz CT molecular complexity index is 483. The highest BCUT2D eigenvalue weighted by Crippen LogP contribution is 2.27. The Balaban J connectivity index is 2.25. The summed E-state index contributed by atoms with van der Waals surface area (Å²) in [5.74, 6) is -1.29. The minimum Gasteiger partial charge on any atom is -0.445 e. The Morgan fingerprint density at radius 1 is 1.33 bits per heavy atom. The molecule has 1 aromatic carbocycles. The van der Waals surface area contributed by atoms with Crippen LogP contribution >= 0.6 is 24.3 Å². The highest BCUT2D eigenvalue weighted by Gasteiger charge is 2.15. The summed E-state index contributed by atoms with van der Waals surface area (Å²) in [5, 5.41) is 4.60. The monoisotopic (exact) mass is 378 g/mol. The van der Waals surface area contributed by atoms with Gasteiger partial charge < -0.3 is 25.2 Å². The third kappa shape index (κ3) is 7.38. The number of benzene rings is 1. The highest BCUT2D eigenvalue weighted by molar-refractivity contribution is 9.10. The van der Waals surface area contributed by atoms with Gasteiger partial charge in [-0.05, 0) is 24.6 Å². The second-order valence-electron chi connectivity index (χ2n) is 4.12. The van der Waals surface area contributed by atoms with E-state index in [1.807, 2.05) is 12.1 Å². The number of nitrogens with one attached hydrogen (secondary N) is 2. The standard InChI is InChI=1S/C12H16BrN2O5P/c1-8(21(18)19)15-11(16)6-14-12(17)20-7-9-2-4-10(13)5-3-9/h2-5,8,18-19H,6-7H2,1H3,(H,14,17)(H,15,16). The molecule has 4 N–H and O–H groups in total. The van der Waals surface area contributed by atoms with Crippen molar-refractivity contribution in [2.24, 2.45) is 0 Å². The minimum absolute atomic E-state index is 0.0930. The number of halogens is 1. The molecular formula is C12H16BrN2O5P. The number of carbonyl (C=O) groups excluding carboxylic acids is 2. The zero-order chi connectivity index (χ0) is 15.8. The van der Waals surface area contributed by atoms with Crippen LogP contribution < -0.4 is 10.6 Å². The maximum absolute atomic E-state index is 11.4. The summed E-state index contributed by atoms with van der Waals surface area (Å²) in [5.41, 5.74) is 0.817. The fourth-order valence-electron chi connectivity index (χ4n) is 1.27. The third-order valence-corrected chi connectivity index (χ3v) is 3.74. The number of carbonyl (C=O) groups is 2. The molecule has 9 heteroatoms. The Morgan fingerprint density at radius 3 is 2.52 bits per heavy atom. The van der Waals surface area contributed by atoms with E-state index in [4.69, 9.17) is 14.5 Å². The number of ether oxygens (including phenoxy) is 1. The van der Waals surface area contributed by atoms with Gasteiger partial charge in [-0.15, -0.1) is 0 Å². The summed E-state index contributed by atoms with van der Waals surface area (Å²) >= 11 is 3.30. The molecule has 0 saturated carbocycles. The Hall–Kier alpha value is -1.21. The summed E-state index contributed by atoms with van der Waals surface area (Å²) in [6.45, 7) is 1.25. The summed E-state index contributed by atoms with van der Waals surface area (Å²) in [6, 6.07) is 7.26. The first-order chi connectivity index (χ1) is 9.88. The summed E-state index contributed by atoms with van der Waals surface area (Å²) < 4.78 is 5.86. The van der Waals surface area contributed by atoms with E-state index in [2.05, 4.69) is 26.6 Å². The van der Waals surface area contributed by atoms with Gasteiger partial charge in [0.1, 0.15) is 13.2 Å². The number of rotatable bonds is 6. The first kappa shape index (κ1) is 17.8. The van der Waals surface area contributed by atoms with E-state index in [1.54, 1.807) is 12.1 Å². The molecule has 0 aliphatic rings. The fraction of sp³-hybridized carbons (Fsp3) is 0.333. The van der Waals surface area contributed by atoms with Gasteiger partial charge in [-0.1, -0.05) is 28.1 Å². The SMILES string of the molecule is CC(NC(=O)CNC(=O)OCc1ccc(Br)cc1)P(O)O. The molecule has 0 aliphatic carbocycles. The van der Waals surface area contributed by atoms with Crippen molar-refractivity contribution >= 4 is 36.3 Å². The van der Waals surface area contributed by atoms with Crippen molar-refractivity contribution in [3.8, 4) is 0 Å². The molecule has 0 spiro atoms. The summed E-state index contributed by atoms with van der Waals surface area (Å²) in [4.78, 5) is 40.5. The average Bonchev–Trinajstić information content (AvgIpc) is 2.44. The molecule has 0 heterocycles. The lowest BCUT2D eigenvalue weighted by Gasteiger charge is -2.14. The van der Waals surface area contributed by atoms with Crippen molar-refractivity contribution in [1.29, 1.82) is 0 Å². The molecule has 1 rings (SSSR count). The normalized spacial score (nSPS) is 11.9. The van der Waals surface area contributed by atoms with Crippen LogP contribution in [0.5, 0.6) is 0 Å². The number of alkyl carbamates (subject to hydrolysis) is 1. The van der Waals surface area contributed by atoms with Crippen LogP contribution in [-0.2, 0) is 16.1 Å². The molecule has 0 aliphatic heterocycles. The van der Waals surface area contributed by atoms with Gasteiger partial charge in [0.2, 0.25) is 5.91 Å². The molecular weight excluding hydrogens is 363 g/mol. The molecule has 7 nitrogen and oxygen atoms in total. The molecule has 0 saturated heterocycles. The molecule has 0 fully saturated rings. The zero-order valence-electron chi connectivity index (χ0n) is 11.2. The molecule has 2 amide bonds. The lowest BCUT2D eigenvalue weighted by Crippen LogP contribution is -2.40. The van der Waals surface area contributed by atoms with E-state index in [-0.39, 0.29) is 13.2 Å². The quantitative estimate of drug-likeness (QED) is 0.560. The van der Waals surface area contributed by atoms with Gasteiger partial charge >= 0.3 is 6.09 Å². The van der Waals surface area contributed by atoms with Gasteiger partial charge in [-0.2, -0.15) is 0 Å². The van der Waals surface area contributed by atoms with Crippen molar-refractivity contribution in [2.75, 3.05) is 6.54 Å². The number of hydrogen-bond donors (Lipinski definition) is 4. The average molecular weight is 379 g/mol. The van der Waals surface area contributed by atoms with Crippen LogP contribution in [0.3, 0.4) is 0 Å². The number of amides is 2. The van der Waals surface area contributed by atoms with E-state index in [0.29, 0.717) is 0 Å². The van der Waals surface area contributed by atoms with Gasteiger partial charge in [0.15, 0.2) is 8.38 Å². The Labute approximate surface area is 131 Å². The molecule has 116 valence electrons. The van der Waals surface area contributed by atoms with Crippen LogP contribution in [0, 0.1) is 0 Å². The van der Waals surface area contributed by atoms with E-state index in [1.165, 1.54) is 6.92 Å². The van der Waals surface area contributed by atoms with Crippen molar-refractivity contribution in [3.05, 3.63) is 34.3 Å². The fourth-order valence-corrected chi connectivity index (χ4v) is 1.80. The van der Waals surface area contributed by atoms with E-state index < -0.39 is 26.2 Å². The Kier molecular flexibility index (Phi) is 7.60. The van der Waals surface area contributed by atoms with Crippen molar-refractivity contribution < 1.29 is 24.1 Å². The second kappa shape index (κ2) is 8.94. The largest absolute Gasteiger partial charge is 0.445 e. The van der Waals surface area contributed by atoms with Crippen LogP contribution in [-0.4, -0.2) is 34.1 Å². The van der Waals surface area contributed by atoms with Crippen LogP contribution in [0.15, 0.2) is 28.7 Å². The zero-order valence-corrected chi connectivity index (χ0v) is 13.7.